The molecule has 104 valence electrons. The first kappa shape index (κ1) is 14.9. The normalized spacial score (nSPS) is 20.8. The van der Waals surface area contributed by atoms with Crippen molar-refractivity contribution in [3.8, 4) is 0 Å². The van der Waals surface area contributed by atoms with Crippen molar-refractivity contribution in [2.24, 2.45) is 0 Å². The molecule has 1 rings (SSSR count). The van der Waals surface area contributed by atoms with E-state index in [-0.39, 0.29) is 24.6 Å². The number of nitrogens with one attached hydrogen (secondary N) is 1. The standard InChI is InChI=1S/C12H22N2O4/c1-12(2,3)13-5-4-10(15)14-6-7-18-9(8-14)11(16)17/h9,13H,4-8H2,1-3H3,(H,16,17). The number of morpholine rings is 1. The summed E-state index contributed by atoms with van der Waals surface area (Å²) in [4.78, 5) is 24.2. The predicted octanol–water partition coefficient (Wildman–Crippen LogP) is 0.0766. The van der Waals surface area contributed by atoms with E-state index in [0.29, 0.717) is 19.5 Å². The Morgan fingerprint density at radius 1 is 1.44 bits per heavy atom. The van der Waals surface area contributed by atoms with Crippen LogP contribution in [0, 0.1) is 0 Å². The fraction of sp³-hybridized carbons (Fsp3) is 0.833. The van der Waals surface area contributed by atoms with Gasteiger partial charge in [-0.15, -0.1) is 0 Å². The maximum atomic E-state index is 11.9. The molecule has 1 saturated heterocycles. The van der Waals surface area contributed by atoms with Gasteiger partial charge in [-0.2, -0.15) is 0 Å². The van der Waals surface area contributed by atoms with E-state index >= 15 is 0 Å². The minimum absolute atomic E-state index is 0.0190. The summed E-state index contributed by atoms with van der Waals surface area (Å²) < 4.78 is 5.07. The van der Waals surface area contributed by atoms with Crippen LogP contribution in [-0.4, -0.2) is 59.8 Å². The molecule has 1 heterocycles. The van der Waals surface area contributed by atoms with Gasteiger partial charge in [-0.05, 0) is 20.8 Å². The summed E-state index contributed by atoms with van der Waals surface area (Å²) in [5.74, 6) is -1.04. The van der Waals surface area contributed by atoms with E-state index in [4.69, 9.17) is 9.84 Å². The number of hydrogen-bond acceptors (Lipinski definition) is 4. The molecule has 0 radical (unpaired) electrons. The third kappa shape index (κ3) is 5.01. The van der Waals surface area contributed by atoms with Crippen molar-refractivity contribution < 1.29 is 19.4 Å². The number of amides is 1. The smallest absolute Gasteiger partial charge is 0.334 e. The van der Waals surface area contributed by atoms with Gasteiger partial charge in [-0.3, -0.25) is 4.79 Å². The van der Waals surface area contributed by atoms with Crippen LogP contribution < -0.4 is 5.32 Å². The number of carbonyl (C=O) groups is 2. The van der Waals surface area contributed by atoms with Gasteiger partial charge in [0.1, 0.15) is 0 Å². The maximum absolute atomic E-state index is 11.9. The van der Waals surface area contributed by atoms with Gasteiger partial charge < -0.3 is 20.1 Å². The molecular formula is C12H22N2O4. The van der Waals surface area contributed by atoms with Gasteiger partial charge in [0.15, 0.2) is 6.10 Å². The lowest BCUT2D eigenvalue weighted by molar-refractivity contribution is -0.159. The summed E-state index contributed by atoms with van der Waals surface area (Å²) in [6.07, 6.45) is -0.512. The molecule has 0 aromatic rings. The molecule has 0 saturated carbocycles. The van der Waals surface area contributed by atoms with Crippen molar-refractivity contribution in [2.75, 3.05) is 26.2 Å². The second-order valence-electron chi connectivity index (χ2n) is 5.46. The van der Waals surface area contributed by atoms with E-state index in [1.807, 2.05) is 20.8 Å². The zero-order chi connectivity index (χ0) is 13.8. The predicted molar refractivity (Wildman–Crippen MR) is 66.3 cm³/mol. The van der Waals surface area contributed by atoms with Crippen molar-refractivity contribution in [2.45, 2.75) is 38.8 Å². The first-order valence-electron chi connectivity index (χ1n) is 6.17. The molecule has 2 N–H and O–H groups in total. The molecule has 0 aromatic heterocycles. The lowest BCUT2D eigenvalue weighted by Gasteiger charge is -2.31. The number of carboxylic acid groups (broad SMARTS) is 1. The Hall–Kier alpha value is -1.14. The van der Waals surface area contributed by atoms with Gasteiger partial charge in [-0.1, -0.05) is 0 Å². The summed E-state index contributed by atoms with van der Waals surface area (Å²) in [6, 6.07) is 0. The third-order valence-corrected chi connectivity index (χ3v) is 2.69. The maximum Gasteiger partial charge on any atom is 0.334 e. The summed E-state index contributed by atoms with van der Waals surface area (Å²) >= 11 is 0. The van der Waals surface area contributed by atoms with Crippen molar-refractivity contribution in [3.05, 3.63) is 0 Å². The fourth-order valence-electron chi connectivity index (χ4n) is 1.73. The second-order valence-corrected chi connectivity index (χ2v) is 5.46. The number of ether oxygens (including phenoxy) is 1. The van der Waals surface area contributed by atoms with Crippen molar-refractivity contribution in [1.82, 2.24) is 10.2 Å². The first-order chi connectivity index (χ1) is 8.29. The quantitative estimate of drug-likeness (QED) is 0.746. The average molecular weight is 258 g/mol. The Labute approximate surface area is 107 Å². The average Bonchev–Trinajstić information content (AvgIpc) is 2.27. The van der Waals surface area contributed by atoms with E-state index in [0.717, 1.165) is 0 Å². The molecule has 6 nitrogen and oxygen atoms in total. The van der Waals surface area contributed by atoms with Gasteiger partial charge in [0.2, 0.25) is 5.91 Å². The lowest BCUT2D eigenvalue weighted by Crippen LogP contribution is -2.49. The van der Waals surface area contributed by atoms with Crippen LogP contribution in [0.3, 0.4) is 0 Å². The van der Waals surface area contributed by atoms with Crippen LogP contribution >= 0.6 is 0 Å². The highest BCUT2D eigenvalue weighted by molar-refractivity contribution is 5.78. The highest BCUT2D eigenvalue weighted by Crippen LogP contribution is 2.07. The lowest BCUT2D eigenvalue weighted by atomic mass is 10.1. The number of aliphatic carboxylic acids is 1. The monoisotopic (exact) mass is 258 g/mol. The highest BCUT2D eigenvalue weighted by Gasteiger charge is 2.28. The van der Waals surface area contributed by atoms with Crippen LogP contribution in [0.4, 0.5) is 0 Å². The van der Waals surface area contributed by atoms with Gasteiger partial charge in [0.05, 0.1) is 13.2 Å². The molecule has 6 heteroatoms. The van der Waals surface area contributed by atoms with E-state index in [9.17, 15) is 9.59 Å². The SMILES string of the molecule is CC(C)(C)NCCC(=O)N1CCOC(C(=O)O)C1. The number of hydrogen-bond donors (Lipinski definition) is 2. The summed E-state index contributed by atoms with van der Waals surface area (Å²) in [5, 5.41) is 12.1. The Kier molecular flexibility index (Phi) is 5.10. The minimum Gasteiger partial charge on any atom is -0.479 e. The third-order valence-electron chi connectivity index (χ3n) is 2.69. The molecular weight excluding hydrogens is 236 g/mol. The van der Waals surface area contributed by atoms with Gasteiger partial charge in [0.25, 0.3) is 0 Å². The van der Waals surface area contributed by atoms with E-state index in [2.05, 4.69) is 5.32 Å². The van der Waals surface area contributed by atoms with Crippen molar-refractivity contribution in [3.63, 3.8) is 0 Å². The van der Waals surface area contributed by atoms with Crippen molar-refractivity contribution in [1.29, 1.82) is 0 Å². The van der Waals surface area contributed by atoms with Crippen LogP contribution in [0.1, 0.15) is 27.2 Å². The first-order valence-corrected chi connectivity index (χ1v) is 6.17. The van der Waals surface area contributed by atoms with Crippen molar-refractivity contribution >= 4 is 11.9 Å². The number of carbonyl (C=O) groups excluding carboxylic acids is 1. The second kappa shape index (κ2) is 6.15. The number of rotatable bonds is 4. The van der Waals surface area contributed by atoms with Gasteiger partial charge in [0, 0.05) is 25.0 Å². The molecule has 1 aliphatic heterocycles. The minimum atomic E-state index is -1.01. The van der Waals surface area contributed by atoms with E-state index in [1.165, 1.54) is 0 Å². The Morgan fingerprint density at radius 2 is 2.11 bits per heavy atom. The van der Waals surface area contributed by atoms with E-state index < -0.39 is 12.1 Å². The largest absolute Gasteiger partial charge is 0.479 e. The Bertz CT molecular complexity index is 312. The summed E-state index contributed by atoms with van der Waals surface area (Å²) in [6.45, 7) is 7.60. The summed E-state index contributed by atoms with van der Waals surface area (Å²) in [7, 11) is 0. The van der Waals surface area contributed by atoms with Gasteiger partial charge >= 0.3 is 5.97 Å². The molecule has 1 atom stereocenters. The fourth-order valence-corrected chi connectivity index (χ4v) is 1.73. The van der Waals surface area contributed by atoms with Crippen LogP contribution in [0.15, 0.2) is 0 Å². The molecule has 0 aliphatic carbocycles. The zero-order valence-electron chi connectivity index (χ0n) is 11.2. The van der Waals surface area contributed by atoms with Gasteiger partial charge in [-0.25, -0.2) is 4.79 Å². The Morgan fingerprint density at radius 3 is 2.67 bits per heavy atom. The molecule has 1 amide bonds. The van der Waals surface area contributed by atoms with Crippen LogP contribution in [0.25, 0.3) is 0 Å². The zero-order valence-corrected chi connectivity index (χ0v) is 11.2. The molecule has 0 aromatic carbocycles. The number of carboxylic acids is 1. The van der Waals surface area contributed by atoms with Crippen LogP contribution in [-0.2, 0) is 14.3 Å². The molecule has 1 aliphatic rings. The summed E-state index contributed by atoms with van der Waals surface area (Å²) in [5.41, 5.74) is -0.0190. The highest BCUT2D eigenvalue weighted by atomic mass is 16.5. The number of nitrogens with zero attached hydrogens (tertiary/aromatic N) is 1. The van der Waals surface area contributed by atoms with Crippen LogP contribution in [0.5, 0.6) is 0 Å². The topological polar surface area (TPSA) is 78.9 Å². The molecule has 18 heavy (non-hydrogen) atoms. The molecule has 0 bridgehead atoms. The van der Waals surface area contributed by atoms with Crippen LogP contribution in [0.2, 0.25) is 0 Å². The molecule has 1 unspecified atom stereocenters. The molecule has 1 fully saturated rings. The molecule has 0 spiro atoms. The Balaban J connectivity index is 2.35. The van der Waals surface area contributed by atoms with E-state index in [1.54, 1.807) is 4.90 Å².